The van der Waals surface area contributed by atoms with Crippen LogP contribution in [0.5, 0.6) is 5.75 Å². The number of hydrogen-bond donors (Lipinski definition) is 1. The molecule has 7 heteroatoms. The number of carbonyl (C=O) groups is 1. The number of hydrogen-bond acceptors (Lipinski definition) is 5. The van der Waals surface area contributed by atoms with E-state index in [9.17, 15) is 4.79 Å². The van der Waals surface area contributed by atoms with E-state index < -0.39 is 0 Å². The smallest absolute Gasteiger partial charge is 0.306 e. The summed E-state index contributed by atoms with van der Waals surface area (Å²) in [6.07, 6.45) is 3.65. The van der Waals surface area contributed by atoms with Crippen LogP contribution >= 0.6 is 38.9 Å². The van der Waals surface area contributed by atoms with Gasteiger partial charge in [-0.25, -0.2) is 0 Å². The Kier molecular flexibility index (Phi) is 8.02. The van der Waals surface area contributed by atoms with Crippen LogP contribution < -0.4 is 10.1 Å². The summed E-state index contributed by atoms with van der Waals surface area (Å²) < 4.78 is 13.4. The van der Waals surface area contributed by atoms with Crippen molar-refractivity contribution in [2.75, 3.05) is 13.2 Å². The first-order valence-electron chi connectivity index (χ1n) is 9.91. The SMILES string of the molecule is CC(C)(Cc1ccc(Cl)s1)NC[C@@H]1COc2cc(ccc2Br)CCCCC(=O)O1. The second kappa shape index (κ2) is 10.3. The molecule has 0 spiro atoms. The molecule has 1 aromatic carbocycles. The average molecular weight is 501 g/mol. The number of cyclic esters (lactones) is 1. The summed E-state index contributed by atoms with van der Waals surface area (Å²) in [4.78, 5) is 13.5. The Labute approximate surface area is 190 Å². The normalized spacial score (nSPS) is 18.3. The highest BCUT2D eigenvalue weighted by atomic mass is 79.9. The number of benzene rings is 1. The van der Waals surface area contributed by atoms with Crippen molar-refractivity contribution in [3.05, 3.63) is 49.6 Å². The molecule has 0 saturated carbocycles. The number of thiophene rings is 1. The lowest BCUT2D eigenvalue weighted by atomic mass is 9.99. The van der Waals surface area contributed by atoms with Crippen molar-refractivity contribution in [2.24, 2.45) is 0 Å². The van der Waals surface area contributed by atoms with E-state index in [0.29, 0.717) is 19.6 Å². The summed E-state index contributed by atoms with van der Waals surface area (Å²) in [6.45, 7) is 5.11. The molecule has 1 aromatic heterocycles. The Morgan fingerprint density at radius 2 is 2.03 bits per heavy atom. The number of esters is 1. The van der Waals surface area contributed by atoms with Gasteiger partial charge in [-0.2, -0.15) is 0 Å². The van der Waals surface area contributed by atoms with Crippen LogP contribution in [0.1, 0.15) is 43.6 Å². The van der Waals surface area contributed by atoms with Crippen LogP contribution in [-0.4, -0.2) is 30.8 Å². The molecule has 0 aliphatic carbocycles. The maximum Gasteiger partial charge on any atom is 0.306 e. The first kappa shape index (κ1) is 22.6. The third kappa shape index (κ3) is 7.28. The number of nitrogens with one attached hydrogen (secondary N) is 1. The van der Waals surface area contributed by atoms with Crippen molar-refractivity contribution in [3.63, 3.8) is 0 Å². The number of fused-ring (bicyclic) bond motifs is 2. The predicted molar refractivity (Wildman–Crippen MR) is 122 cm³/mol. The topological polar surface area (TPSA) is 47.6 Å². The Morgan fingerprint density at radius 1 is 1.24 bits per heavy atom. The average Bonchev–Trinajstić information content (AvgIpc) is 3.06. The third-order valence-corrected chi connectivity index (χ3v) is 6.75. The molecule has 1 N–H and O–H groups in total. The Morgan fingerprint density at radius 3 is 2.79 bits per heavy atom. The summed E-state index contributed by atoms with van der Waals surface area (Å²) in [7, 11) is 0. The van der Waals surface area contributed by atoms with Crippen LogP contribution in [0.15, 0.2) is 34.8 Å². The number of aryl methyl sites for hydroxylation is 1. The second-order valence-corrected chi connectivity index (χ2v) is 10.7. The fourth-order valence-corrected chi connectivity index (χ4v) is 4.99. The maximum absolute atomic E-state index is 12.3. The molecule has 2 heterocycles. The molecule has 29 heavy (non-hydrogen) atoms. The van der Waals surface area contributed by atoms with Gasteiger partial charge in [-0.15, -0.1) is 11.3 Å². The van der Waals surface area contributed by atoms with E-state index in [-0.39, 0.29) is 17.6 Å². The quantitative estimate of drug-likeness (QED) is 0.528. The van der Waals surface area contributed by atoms with Gasteiger partial charge in [0.05, 0.1) is 8.81 Å². The number of carbonyl (C=O) groups excluding carboxylic acids is 1. The maximum atomic E-state index is 12.3. The fourth-order valence-electron chi connectivity index (χ4n) is 3.31. The molecule has 0 fully saturated rings. The Hall–Kier alpha value is -1.08. The number of halogens is 2. The van der Waals surface area contributed by atoms with Gasteiger partial charge in [-0.05, 0) is 85.3 Å². The van der Waals surface area contributed by atoms with Crippen molar-refractivity contribution in [1.29, 1.82) is 0 Å². The van der Waals surface area contributed by atoms with Crippen LogP contribution in [0.4, 0.5) is 0 Å². The zero-order chi connectivity index (χ0) is 20.9. The molecular weight excluding hydrogens is 474 g/mol. The van der Waals surface area contributed by atoms with Crippen molar-refractivity contribution < 1.29 is 14.3 Å². The predicted octanol–water partition coefficient (Wildman–Crippen LogP) is 5.79. The molecule has 2 aromatic rings. The molecule has 2 bridgehead atoms. The molecule has 0 amide bonds. The summed E-state index contributed by atoms with van der Waals surface area (Å²) in [5.41, 5.74) is 1.06. The van der Waals surface area contributed by atoms with Crippen molar-refractivity contribution >= 4 is 44.8 Å². The first-order chi connectivity index (χ1) is 13.8. The highest BCUT2D eigenvalue weighted by molar-refractivity contribution is 9.10. The van der Waals surface area contributed by atoms with E-state index in [1.165, 1.54) is 10.4 Å². The van der Waals surface area contributed by atoms with Crippen molar-refractivity contribution in [3.8, 4) is 5.75 Å². The van der Waals surface area contributed by atoms with Crippen molar-refractivity contribution in [1.82, 2.24) is 5.32 Å². The summed E-state index contributed by atoms with van der Waals surface area (Å²) in [6, 6.07) is 10.2. The minimum Gasteiger partial charge on any atom is -0.488 e. The van der Waals surface area contributed by atoms with Crippen LogP contribution in [0.2, 0.25) is 4.34 Å². The van der Waals surface area contributed by atoms with E-state index in [4.69, 9.17) is 21.1 Å². The van der Waals surface area contributed by atoms with Gasteiger partial charge >= 0.3 is 5.97 Å². The van der Waals surface area contributed by atoms with E-state index in [0.717, 1.165) is 40.2 Å². The largest absolute Gasteiger partial charge is 0.488 e. The minimum absolute atomic E-state index is 0.161. The number of ether oxygens (including phenoxy) is 2. The third-order valence-electron chi connectivity index (χ3n) is 4.87. The summed E-state index contributed by atoms with van der Waals surface area (Å²) in [5.74, 6) is 0.628. The Balaban J connectivity index is 1.65. The Bertz CT molecular complexity index is 839. The zero-order valence-corrected chi connectivity index (χ0v) is 20.0. The van der Waals surface area contributed by atoms with Crippen LogP contribution in [0.3, 0.4) is 0 Å². The van der Waals surface area contributed by atoms with E-state index in [1.54, 1.807) is 11.3 Å². The molecule has 0 unspecified atom stereocenters. The zero-order valence-electron chi connectivity index (χ0n) is 16.8. The van der Waals surface area contributed by atoms with E-state index >= 15 is 0 Å². The van der Waals surface area contributed by atoms with Gasteiger partial charge in [0, 0.05) is 23.4 Å². The van der Waals surface area contributed by atoms with Crippen molar-refractivity contribution in [2.45, 2.75) is 57.6 Å². The van der Waals surface area contributed by atoms with Crippen LogP contribution in [-0.2, 0) is 22.4 Å². The lowest BCUT2D eigenvalue weighted by Crippen LogP contribution is -2.47. The monoisotopic (exact) mass is 499 g/mol. The standard InChI is InChI=1S/C22H27BrClNO3S/c1-22(2,12-17-8-10-20(24)29-17)25-13-16-14-27-19-11-15(7-9-18(19)23)5-3-4-6-21(26)28-16/h7-11,16,25H,3-6,12-14H2,1-2H3/t16-/m1/s1. The van der Waals surface area contributed by atoms with Gasteiger partial charge in [0.2, 0.25) is 0 Å². The molecule has 4 nitrogen and oxygen atoms in total. The highest BCUT2D eigenvalue weighted by Crippen LogP contribution is 2.28. The lowest BCUT2D eigenvalue weighted by molar-refractivity contribution is -0.150. The van der Waals surface area contributed by atoms with E-state index in [1.807, 2.05) is 12.1 Å². The summed E-state index contributed by atoms with van der Waals surface area (Å²) >= 11 is 11.2. The van der Waals surface area contributed by atoms with Gasteiger partial charge in [0.25, 0.3) is 0 Å². The first-order valence-corrected chi connectivity index (χ1v) is 11.9. The van der Waals surface area contributed by atoms with Gasteiger partial charge in [0.15, 0.2) is 0 Å². The fraction of sp³-hybridized carbons (Fsp3) is 0.500. The molecule has 3 rings (SSSR count). The molecule has 1 aliphatic heterocycles. The van der Waals surface area contributed by atoms with Crippen LogP contribution in [0, 0.1) is 0 Å². The molecule has 0 radical (unpaired) electrons. The van der Waals surface area contributed by atoms with E-state index in [2.05, 4.69) is 53.3 Å². The number of rotatable bonds is 5. The lowest BCUT2D eigenvalue weighted by Gasteiger charge is -2.29. The molecule has 1 atom stereocenters. The molecular formula is C22H27BrClNO3S. The molecule has 158 valence electrons. The molecule has 1 aliphatic rings. The highest BCUT2D eigenvalue weighted by Gasteiger charge is 2.23. The molecule has 0 saturated heterocycles. The second-order valence-electron chi connectivity index (χ2n) is 8.04. The van der Waals surface area contributed by atoms with Gasteiger partial charge in [-0.1, -0.05) is 17.7 Å². The van der Waals surface area contributed by atoms with Gasteiger partial charge in [-0.3, -0.25) is 4.79 Å². The van der Waals surface area contributed by atoms with Crippen LogP contribution in [0.25, 0.3) is 0 Å². The van der Waals surface area contributed by atoms with Gasteiger partial charge < -0.3 is 14.8 Å². The summed E-state index contributed by atoms with van der Waals surface area (Å²) in [5, 5.41) is 3.54. The minimum atomic E-state index is -0.358. The van der Waals surface area contributed by atoms with Gasteiger partial charge in [0.1, 0.15) is 18.5 Å².